The molecule has 0 atom stereocenters. The number of hydrogen-bond acceptors (Lipinski definition) is 3. The number of nitrogens with zero attached hydrogens (tertiary/aromatic N) is 3. The van der Waals surface area contributed by atoms with Gasteiger partial charge >= 0.3 is 0 Å². The second-order valence-electron chi connectivity index (χ2n) is 4.24. The van der Waals surface area contributed by atoms with Gasteiger partial charge in [-0.2, -0.15) is 22.3 Å². The second-order valence-corrected chi connectivity index (χ2v) is 7.24. The average Bonchev–Trinajstić information content (AvgIpc) is 2.33. The van der Waals surface area contributed by atoms with E-state index in [0.29, 0.717) is 0 Å². The quantitative estimate of drug-likeness (QED) is 0.765. The zero-order chi connectivity index (χ0) is 14.6. The van der Waals surface area contributed by atoms with E-state index >= 15 is 0 Å². The van der Waals surface area contributed by atoms with E-state index in [1.807, 2.05) is 31.2 Å². The minimum absolute atomic E-state index is 0.174. The predicted octanol–water partition coefficient (Wildman–Crippen LogP) is 1.89. The lowest BCUT2D eigenvalue weighted by Crippen LogP contribution is -2.39. The molecule has 0 aliphatic carbocycles. The van der Waals surface area contributed by atoms with E-state index in [-0.39, 0.29) is 13.1 Å². The van der Waals surface area contributed by atoms with Crippen LogP contribution in [0.1, 0.15) is 11.1 Å². The van der Waals surface area contributed by atoms with Gasteiger partial charge in [-0.1, -0.05) is 28.1 Å². The molecule has 0 heterocycles. The molecule has 0 spiro atoms. The Kier molecular flexibility index (Phi) is 5.50. The Hall–Kier alpha value is -0.940. The highest BCUT2D eigenvalue weighted by Crippen LogP contribution is 2.21. The van der Waals surface area contributed by atoms with Crippen molar-refractivity contribution in [3.63, 3.8) is 0 Å². The fourth-order valence-corrected chi connectivity index (χ4v) is 2.93. The lowest BCUT2D eigenvalue weighted by Gasteiger charge is -2.24. The summed E-state index contributed by atoms with van der Waals surface area (Å²) in [6.45, 7) is 1.91. The van der Waals surface area contributed by atoms with Gasteiger partial charge in [0, 0.05) is 25.1 Å². The molecule has 0 saturated heterocycles. The van der Waals surface area contributed by atoms with Gasteiger partial charge in [0.1, 0.15) is 6.54 Å². The highest BCUT2D eigenvalue weighted by atomic mass is 79.9. The summed E-state index contributed by atoms with van der Waals surface area (Å²) in [6, 6.07) is 7.49. The molecule has 104 valence electrons. The number of halogens is 1. The van der Waals surface area contributed by atoms with Crippen molar-refractivity contribution in [3.05, 3.63) is 33.8 Å². The molecular weight excluding hydrogens is 330 g/mol. The van der Waals surface area contributed by atoms with Crippen molar-refractivity contribution >= 4 is 26.1 Å². The Balaban J connectivity index is 3.11. The second kappa shape index (κ2) is 6.48. The number of benzene rings is 1. The van der Waals surface area contributed by atoms with Crippen LogP contribution in [0.5, 0.6) is 0 Å². The molecule has 0 fully saturated rings. The van der Waals surface area contributed by atoms with Crippen LogP contribution in [0, 0.1) is 18.3 Å². The third-order valence-electron chi connectivity index (χ3n) is 2.76. The summed E-state index contributed by atoms with van der Waals surface area (Å²) in [4.78, 5) is 0. The minimum atomic E-state index is -3.60. The standard InChI is InChI=1S/C12H16BrN3O2S/c1-10-11(5-4-6-12(10)13)9-16(8-7-14)19(17,18)15(2)3/h4-6H,8-9H2,1-3H3. The topological polar surface area (TPSA) is 64.4 Å². The van der Waals surface area contributed by atoms with E-state index in [0.717, 1.165) is 24.2 Å². The fraction of sp³-hybridized carbons (Fsp3) is 0.417. The molecule has 7 heteroatoms. The van der Waals surface area contributed by atoms with E-state index in [9.17, 15) is 8.42 Å². The molecule has 0 aromatic heterocycles. The zero-order valence-electron chi connectivity index (χ0n) is 11.1. The molecule has 0 bridgehead atoms. The first-order valence-electron chi connectivity index (χ1n) is 5.59. The van der Waals surface area contributed by atoms with Gasteiger partial charge in [0.25, 0.3) is 10.2 Å². The van der Waals surface area contributed by atoms with Crippen molar-refractivity contribution in [1.82, 2.24) is 8.61 Å². The molecule has 0 unspecified atom stereocenters. The van der Waals surface area contributed by atoms with Gasteiger partial charge in [-0.3, -0.25) is 0 Å². The summed E-state index contributed by atoms with van der Waals surface area (Å²) in [5, 5.41) is 8.80. The van der Waals surface area contributed by atoms with Crippen molar-refractivity contribution in [2.45, 2.75) is 13.5 Å². The average molecular weight is 346 g/mol. The number of rotatable bonds is 5. The van der Waals surface area contributed by atoms with E-state index < -0.39 is 10.2 Å². The van der Waals surface area contributed by atoms with Crippen LogP contribution >= 0.6 is 15.9 Å². The maximum atomic E-state index is 12.1. The third kappa shape index (κ3) is 3.76. The van der Waals surface area contributed by atoms with Crippen LogP contribution in [0.3, 0.4) is 0 Å². The van der Waals surface area contributed by atoms with Gasteiger partial charge < -0.3 is 0 Å². The fourth-order valence-electron chi connectivity index (χ4n) is 1.54. The predicted molar refractivity (Wildman–Crippen MR) is 77.5 cm³/mol. The van der Waals surface area contributed by atoms with Crippen LogP contribution in [0.2, 0.25) is 0 Å². The first-order valence-corrected chi connectivity index (χ1v) is 7.78. The molecule has 1 aromatic carbocycles. The van der Waals surface area contributed by atoms with Gasteiger partial charge in [-0.15, -0.1) is 0 Å². The van der Waals surface area contributed by atoms with Crippen LogP contribution in [0.15, 0.2) is 22.7 Å². The van der Waals surface area contributed by atoms with Gasteiger partial charge in [0.05, 0.1) is 6.07 Å². The first kappa shape index (κ1) is 16.1. The Morgan fingerprint density at radius 3 is 2.53 bits per heavy atom. The van der Waals surface area contributed by atoms with E-state index in [1.54, 1.807) is 0 Å². The highest BCUT2D eigenvalue weighted by Gasteiger charge is 2.25. The Bertz CT molecular complexity index is 593. The molecular formula is C12H16BrN3O2S. The molecule has 0 amide bonds. The summed E-state index contributed by atoms with van der Waals surface area (Å²) < 4.78 is 27.4. The minimum Gasteiger partial charge on any atom is -0.197 e. The van der Waals surface area contributed by atoms with Crippen molar-refractivity contribution in [2.75, 3.05) is 20.6 Å². The molecule has 0 aliphatic heterocycles. The lowest BCUT2D eigenvalue weighted by atomic mass is 10.1. The van der Waals surface area contributed by atoms with E-state index in [2.05, 4.69) is 15.9 Å². The Labute approximate surface area is 122 Å². The molecule has 1 rings (SSSR count). The molecule has 19 heavy (non-hydrogen) atoms. The molecule has 0 N–H and O–H groups in total. The molecule has 0 radical (unpaired) electrons. The van der Waals surface area contributed by atoms with Crippen LogP contribution in [0.25, 0.3) is 0 Å². The number of nitriles is 1. The normalized spacial score (nSPS) is 11.8. The van der Waals surface area contributed by atoms with E-state index in [1.165, 1.54) is 14.1 Å². The summed E-state index contributed by atoms with van der Waals surface area (Å²) in [5.74, 6) is 0. The Morgan fingerprint density at radius 2 is 2.00 bits per heavy atom. The molecule has 1 aromatic rings. The molecule has 0 aliphatic rings. The van der Waals surface area contributed by atoms with Gasteiger partial charge in [-0.05, 0) is 24.1 Å². The van der Waals surface area contributed by atoms with Crippen molar-refractivity contribution in [3.8, 4) is 6.07 Å². The Morgan fingerprint density at radius 1 is 1.37 bits per heavy atom. The summed E-state index contributed by atoms with van der Waals surface area (Å²) >= 11 is 3.41. The summed E-state index contributed by atoms with van der Waals surface area (Å²) in [7, 11) is -0.696. The summed E-state index contributed by atoms with van der Waals surface area (Å²) in [5.41, 5.74) is 1.84. The number of hydrogen-bond donors (Lipinski definition) is 0. The van der Waals surface area contributed by atoms with Crippen molar-refractivity contribution in [1.29, 1.82) is 5.26 Å². The van der Waals surface area contributed by atoms with Crippen LogP contribution in [-0.4, -0.2) is 37.7 Å². The van der Waals surface area contributed by atoms with Gasteiger partial charge in [-0.25, -0.2) is 0 Å². The van der Waals surface area contributed by atoms with Gasteiger partial charge in [0.2, 0.25) is 0 Å². The molecule has 5 nitrogen and oxygen atoms in total. The SMILES string of the molecule is Cc1c(Br)cccc1CN(CC#N)S(=O)(=O)N(C)C. The zero-order valence-corrected chi connectivity index (χ0v) is 13.5. The van der Waals surface area contributed by atoms with Crippen LogP contribution in [0.4, 0.5) is 0 Å². The van der Waals surface area contributed by atoms with Gasteiger partial charge in [0.15, 0.2) is 0 Å². The lowest BCUT2D eigenvalue weighted by molar-refractivity contribution is 0.395. The van der Waals surface area contributed by atoms with E-state index in [4.69, 9.17) is 5.26 Å². The van der Waals surface area contributed by atoms with Crippen LogP contribution in [-0.2, 0) is 16.8 Å². The highest BCUT2D eigenvalue weighted by molar-refractivity contribution is 9.10. The summed E-state index contributed by atoms with van der Waals surface area (Å²) in [6.07, 6.45) is 0. The first-order chi connectivity index (χ1) is 8.80. The van der Waals surface area contributed by atoms with Crippen molar-refractivity contribution < 1.29 is 8.42 Å². The van der Waals surface area contributed by atoms with Crippen molar-refractivity contribution in [2.24, 2.45) is 0 Å². The monoisotopic (exact) mass is 345 g/mol. The molecule has 0 saturated carbocycles. The third-order valence-corrected chi connectivity index (χ3v) is 5.45. The largest absolute Gasteiger partial charge is 0.282 e. The van der Waals surface area contributed by atoms with Crippen LogP contribution < -0.4 is 0 Å². The maximum absolute atomic E-state index is 12.1. The maximum Gasteiger partial charge on any atom is 0.282 e. The smallest absolute Gasteiger partial charge is 0.197 e.